The second kappa shape index (κ2) is 3.72. The third kappa shape index (κ3) is 1.35. The van der Waals surface area contributed by atoms with Crippen molar-refractivity contribution in [3.63, 3.8) is 0 Å². The standard InChI is InChI=1S/C11H8BrNS/c1-2-8-7(5-13)3-4-10-11(8)9(12)6-14-10/h3-4,6H,2H2,1H3. The van der Waals surface area contributed by atoms with E-state index in [1.54, 1.807) is 11.3 Å². The van der Waals surface area contributed by atoms with Crippen molar-refractivity contribution in [1.29, 1.82) is 5.26 Å². The van der Waals surface area contributed by atoms with E-state index in [9.17, 15) is 0 Å². The highest BCUT2D eigenvalue weighted by atomic mass is 79.9. The zero-order valence-electron chi connectivity index (χ0n) is 7.67. The van der Waals surface area contributed by atoms with Gasteiger partial charge < -0.3 is 0 Å². The molecule has 2 aromatic rings. The lowest BCUT2D eigenvalue weighted by Gasteiger charge is -2.02. The van der Waals surface area contributed by atoms with Crippen LogP contribution in [0.15, 0.2) is 22.0 Å². The molecule has 0 spiro atoms. The van der Waals surface area contributed by atoms with E-state index in [0.29, 0.717) is 0 Å². The van der Waals surface area contributed by atoms with Gasteiger partial charge in [0.1, 0.15) is 0 Å². The zero-order valence-corrected chi connectivity index (χ0v) is 10.1. The second-order valence-electron chi connectivity index (χ2n) is 3.01. The summed E-state index contributed by atoms with van der Waals surface area (Å²) < 4.78 is 2.35. The molecule has 0 aliphatic heterocycles. The largest absolute Gasteiger partial charge is 0.192 e. The van der Waals surface area contributed by atoms with Gasteiger partial charge in [0, 0.05) is 19.9 Å². The number of hydrogen-bond acceptors (Lipinski definition) is 2. The second-order valence-corrected chi connectivity index (χ2v) is 4.78. The van der Waals surface area contributed by atoms with Crippen molar-refractivity contribution in [2.75, 3.05) is 0 Å². The first-order chi connectivity index (χ1) is 6.77. The molecule has 0 atom stereocenters. The van der Waals surface area contributed by atoms with Gasteiger partial charge >= 0.3 is 0 Å². The van der Waals surface area contributed by atoms with Gasteiger partial charge in [-0.2, -0.15) is 5.26 Å². The highest BCUT2D eigenvalue weighted by molar-refractivity contribution is 9.10. The smallest absolute Gasteiger partial charge is 0.0994 e. The maximum atomic E-state index is 8.98. The normalized spacial score (nSPS) is 10.4. The molecule has 1 aromatic heterocycles. The van der Waals surface area contributed by atoms with E-state index < -0.39 is 0 Å². The molecule has 0 saturated carbocycles. The van der Waals surface area contributed by atoms with Gasteiger partial charge in [-0.3, -0.25) is 0 Å². The summed E-state index contributed by atoms with van der Waals surface area (Å²) in [6, 6.07) is 6.16. The van der Waals surface area contributed by atoms with Crippen molar-refractivity contribution >= 4 is 37.4 Å². The van der Waals surface area contributed by atoms with Crippen LogP contribution in [0.5, 0.6) is 0 Å². The average molecular weight is 266 g/mol. The maximum absolute atomic E-state index is 8.98. The van der Waals surface area contributed by atoms with Crippen molar-refractivity contribution in [3.8, 4) is 6.07 Å². The van der Waals surface area contributed by atoms with E-state index >= 15 is 0 Å². The van der Waals surface area contributed by atoms with Crippen molar-refractivity contribution in [2.24, 2.45) is 0 Å². The van der Waals surface area contributed by atoms with E-state index in [2.05, 4.69) is 34.3 Å². The molecule has 3 heteroatoms. The Morgan fingerprint density at radius 2 is 2.29 bits per heavy atom. The van der Waals surface area contributed by atoms with Gasteiger partial charge in [0.15, 0.2) is 0 Å². The van der Waals surface area contributed by atoms with Crippen LogP contribution in [-0.2, 0) is 6.42 Å². The van der Waals surface area contributed by atoms with Crippen LogP contribution in [-0.4, -0.2) is 0 Å². The van der Waals surface area contributed by atoms with Crippen LogP contribution in [0.1, 0.15) is 18.1 Å². The van der Waals surface area contributed by atoms with E-state index in [4.69, 9.17) is 5.26 Å². The number of nitriles is 1. The summed E-state index contributed by atoms with van der Waals surface area (Å²) in [7, 11) is 0. The molecule has 0 aliphatic rings. The fraction of sp³-hybridized carbons (Fsp3) is 0.182. The first-order valence-corrected chi connectivity index (χ1v) is 6.04. The molecule has 0 bridgehead atoms. The predicted molar refractivity (Wildman–Crippen MR) is 63.6 cm³/mol. The van der Waals surface area contributed by atoms with Crippen LogP contribution in [0.2, 0.25) is 0 Å². The topological polar surface area (TPSA) is 23.8 Å². The van der Waals surface area contributed by atoms with Gasteiger partial charge in [0.25, 0.3) is 0 Å². The number of thiophene rings is 1. The maximum Gasteiger partial charge on any atom is 0.0994 e. The number of nitrogens with zero attached hydrogens (tertiary/aromatic N) is 1. The highest BCUT2D eigenvalue weighted by Gasteiger charge is 2.09. The van der Waals surface area contributed by atoms with E-state index in [0.717, 1.165) is 22.0 Å². The summed E-state index contributed by atoms with van der Waals surface area (Å²) in [6.45, 7) is 2.08. The van der Waals surface area contributed by atoms with Crippen LogP contribution in [0, 0.1) is 11.3 Å². The Kier molecular flexibility index (Phi) is 2.58. The molecule has 1 heterocycles. The van der Waals surface area contributed by atoms with Crippen molar-refractivity contribution in [3.05, 3.63) is 33.1 Å². The zero-order chi connectivity index (χ0) is 10.1. The Morgan fingerprint density at radius 1 is 1.50 bits per heavy atom. The van der Waals surface area contributed by atoms with E-state index in [1.165, 1.54) is 10.1 Å². The van der Waals surface area contributed by atoms with Crippen molar-refractivity contribution in [2.45, 2.75) is 13.3 Å². The molecule has 0 N–H and O–H groups in total. The first kappa shape index (κ1) is 9.70. The summed E-state index contributed by atoms with van der Waals surface area (Å²) in [4.78, 5) is 0. The van der Waals surface area contributed by atoms with Crippen molar-refractivity contribution in [1.82, 2.24) is 0 Å². The van der Waals surface area contributed by atoms with Crippen LogP contribution < -0.4 is 0 Å². The quantitative estimate of drug-likeness (QED) is 0.762. The molecule has 0 saturated heterocycles. The number of rotatable bonds is 1. The Morgan fingerprint density at radius 3 is 2.93 bits per heavy atom. The molecule has 0 fully saturated rings. The van der Waals surface area contributed by atoms with Gasteiger partial charge in [-0.25, -0.2) is 0 Å². The SMILES string of the molecule is CCc1c(C#N)ccc2scc(Br)c12. The fourth-order valence-electron chi connectivity index (χ4n) is 1.63. The lowest BCUT2D eigenvalue weighted by molar-refractivity contribution is 1.15. The minimum Gasteiger partial charge on any atom is -0.192 e. The van der Waals surface area contributed by atoms with E-state index in [1.807, 2.05) is 12.1 Å². The van der Waals surface area contributed by atoms with E-state index in [-0.39, 0.29) is 0 Å². The number of fused-ring (bicyclic) bond motifs is 1. The summed E-state index contributed by atoms with van der Waals surface area (Å²) >= 11 is 5.23. The van der Waals surface area contributed by atoms with Gasteiger partial charge in [-0.1, -0.05) is 6.92 Å². The lowest BCUT2D eigenvalue weighted by Crippen LogP contribution is -1.87. The Balaban J connectivity index is 2.89. The monoisotopic (exact) mass is 265 g/mol. The van der Waals surface area contributed by atoms with Gasteiger partial charge in [0.05, 0.1) is 11.6 Å². The lowest BCUT2D eigenvalue weighted by atomic mass is 10.0. The minimum absolute atomic E-state index is 0.791. The molecule has 0 radical (unpaired) electrons. The van der Waals surface area contributed by atoms with Crippen LogP contribution in [0.4, 0.5) is 0 Å². The van der Waals surface area contributed by atoms with Crippen LogP contribution >= 0.6 is 27.3 Å². The average Bonchev–Trinajstić information content (AvgIpc) is 2.59. The summed E-state index contributed by atoms with van der Waals surface area (Å²) in [5, 5.41) is 12.3. The molecule has 2 rings (SSSR count). The van der Waals surface area contributed by atoms with Gasteiger partial charge in [-0.15, -0.1) is 11.3 Å². The fourth-order valence-corrected chi connectivity index (χ4v) is 3.34. The third-order valence-corrected chi connectivity index (χ3v) is 4.15. The molecule has 0 amide bonds. The number of benzene rings is 1. The highest BCUT2D eigenvalue weighted by Crippen LogP contribution is 2.34. The molecular weight excluding hydrogens is 258 g/mol. The minimum atomic E-state index is 0.791. The Hall–Kier alpha value is -0.850. The van der Waals surface area contributed by atoms with Crippen molar-refractivity contribution < 1.29 is 0 Å². The molecule has 1 aromatic carbocycles. The van der Waals surface area contributed by atoms with Gasteiger partial charge in [-0.05, 0) is 40.0 Å². The summed E-state index contributed by atoms with van der Waals surface area (Å²) in [5.74, 6) is 0. The third-order valence-electron chi connectivity index (χ3n) is 2.28. The Labute approximate surface area is 95.1 Å². The van der Waals surface area contributed by atoms with Crippen LogP contribution in [0.3, 0.4) is 0 Å². The summed E-state index contributed by atoms with van der Waals surface area (Å²) in [5.41, 5.74) is 1.94. The molecule has 0 unspecified atom stereocenters. The summed E-state index contributed by atoms with van der Waals surface area (Å²) in [6.07, 6.45) is 0.898. The molecule has 1 nitrogen and oxygen atoms in total. The molecule has 70 valence electrons. The number of halogens is 1. The number of hydrogen-bond donors (Lipinski definition) is 0. The molecule has 14 heavy (non-hydrogen) atoms. The predicted octanol–water partition coefficient (Wildman–Crippen LogP) is 4.10. The van der Waals surface area contributed by atoms with Gasteiger partial charge in [0.2, 0.25) is 0 Å². The van der Waals surface area contributed by atoms with Crippen LogP contribution in [0.25, 0.3) is 10.1 Å². The number of aryl methyl sites for hydroxylation is 1. The molecular formula is C11H8BrNS. The molecule has 0 aliphatic carbocycles. The first-order valence-electron chi connectivity index (χ1n) is 4.36. The Bertz CT molecular complexity index is 522.